The first-order valence-electron chi connectivity index (χ1n) is 11.0. The largest absolute Gasteiger partial charge is 0.312 e. The summed E-state index contributed by atoms with van der Waals surface area (Å²) in [6.07, 6.45) is 10.8. The van der Waals surface area contributed by atoms with E-state index in [4.69, 9.17) is 0 Å². The molecule has 0 spiro atoms. The molecule has 1 aliphatic carbocycles. The molecule has 5 rings (SSSR count). The maximum Gasteiger partial charge on any atom is 0.255 e. The van der Waals surface area contributed by atoms with Crippen molar-refractivity contribution in [3.8, 4) is 0 Å². The Hall–Kier alpha value is -1.13. The maximum atomic E-state index is 13.2. The zero-order valence-electron chi connectivity index (χ0n) is 16.0. The van der Waals surface area contributed by atoms with Crippen LogP contribution in [0, 0.1) is 5.92 Å². The molecule has 0 radical (unpaired) electrons. The lowest BCUT2D eigenvalue weighted by Crippen LogP contribution is -2.50. The van der Waals surface area contributed by atoms with Crippen LogP contribution in [0.4, 0.5) is 0 Å². The molecule has 3 fully saturated rings. The minimum absolute atomic E-state index is 0.303. The van der Waals surface area contributed by atoms with E-state index in [1.54, 1.807) is 0 Å². The van der Waals surface area contributed by atoms with E-state index in [-0.39, 0.29) is 0 Å². The molecule has 2 atom stereocenters. The van der Waals surface area contributed by atoms with E-state index in [9.17, 15) is 4.79 Å². The van der Waals surface area contributed by atoms with Crippen molar-refractivity contribution in [2.24, 2.45) is 5.92 Å². The van der Waals surface area contributed by atoms with Gasteiger partial charge in [-0.15, -0.1) is 0 Å². The summed E-state index contributed by atoms with van der Waals surface area (Å²) in [6, 6.07) is 5.26. The van der Waals surface area contributed by atoms with Gasteiger partial charge < -0.3 is 4.57 Å². The fourth-order valence-electron chi connectivity index (χ4n) is 6.07. The molecule has 0 N–H and O–H groups in total. The van der Waals surface area contributed by atoms with Crippen LogP contribution in [0.3, 0.4) is 0 Å². The van der Waals surface area contributed by atoms with Crippen molar-refractivity contribution in [3.05, 3.63) is 33.7 Å². The molecular formula is C22H33N3O. The molecule has 4 heterocycles. The number of hydrogen-bond donors (Lipinski definition) is 0. The van der Waals surface area contributed by atoms with Gasteiger partial charge >= 0.3 is 0 Å². The highest BCUT2D eigenvalue weighted by molar-refractivity contribution is 5.22. The first-order chi connectivity index (χ1) is 12.8. The van der Waals surface area contributed by atoms with E-state index in [0.717, 1.165) is 37.8 Å². The number of nitrogens with zero attached hydrogens (tertiary/aromatic N) is 3. The van der Waals surface area contributed by atoms with Crippen LogP contribution in [0.15, 0.2) is 16.9 Å². The zero-order valence-corrected chi connectivity index (χ0v) is 16.0. The molecule has 142 valence electrons. The van der Waals surface area contributed by atoms with Gasteiger partial charge in [0.25, 0.3) is 5.56 Å². The Morgan fingerprint density at radius 1 is 0.923 bits per heavy atom. The van der Waals surface area contributed by atoms with E-state index in [1.807, 2.05) is 0 Å². The summed E-state index contributed by atoms with van der Waals surface area (Å²) in [7, 11) is 0. The highest BCUT2D eigenvalue weighted by atomic mass is 16.1. The summed E-state index contributed by atoms with van der Waals surface area (Å²) in [6.45, 7) is 6.49. The molecule has 4 heteroatoms. The van der Waals surface area contributed by atoms with Crippen molar-refractivity contribution in [3.63, 3.8) is 0 Å². The predicted octanol–water partition coefficient (Wildman–Crippen LogP) is 3.20. The second-order valence-corrected chi connectivity index (χ2v) is 9.23. The van der Waals surface area contributed by atoms with Gasteiger partial charge in [-0.2, -0.15) is 0 Å². The number of pyridine rings is 1. The number of piperidine rings is 2. The van der Waals surface area contributed by atoms with Crippen LogP contribution < -0.4 is 5.56 Å². The van der Waals surface area contributed by atoms with Gasteiger partial charge in [-0.25, -0.2) is 0 Å². The molecule has 4 aliphatic rings. The van der Waals surface area contributed by atoms with Gasteiger partial charge in [0, 0.05) is 49.4 Å². The third kappa shape index (κ3) is 3.16. The second kappa shape index (κ2) is 7.12. The summed E-state index contributed by atoms with van der Waals surface area (Å²) in [5, 5.41) is 0. The van der Waals surface area contributed by atoms with Crippen LogP contribution in [-0.2, 0) is 13.1 Å². The van der Waals surface area contributed by atoms with Crippen molar-refractivity contribution in [2.45, 2.75) is 76.4 Å². The first-order valence-corrected chi connectivity index (χ1v) is 11.0. The number of fused-ring (bicyclic) bond motifs is 4. The Morgan fingerprint density at radius 2 is 1.73 bits per heavy atom. The zero-order chi connectivity index (χ0) is 17.5. The topological polar surface area (TPSA) is 28.5 Å². The molecule has 0 unspecified atom stereocenters. The second-order valence-electron chi connectivity index (χ2n) is 9.23. The van der Waals surface area contributed by atoms with Gasteiger partial charge in [-0.3, -0.25) is 14.6 Å². The lowest BCUT2D eigenvalue weighted by atomic mass is 9.82. The average Bonchev–Trinajstić information content (AvgIpc) is 3.20. The summed E-state index contributed by atoms with van der Waals surface area (Å²) in [4.78, 5) is 18.4. The van der Waals surface area contributed by atoms with Gasteiger partial charge in [0.1, 0.15) is 0 Å². The van der Waals surface area contributed by atoms with Crippen molar-refractivity contribution in [1.29, 1.82) is 0 Å². The summed E-state index contributed by atoms with van der Waals surface area (Å²) in [5.74, 6) is 1.24. The van der Waals surface area contributed by atoms with Gasteiger partial charge in [0.05, 0.1) is 0 Å². The molecule has 26 heavy (non-hydrogen) atoms. The molecule has 0 amide bonds. The van der Waals surface area contributed by atoms with Gasteiger partial charge in [-0.05, 0) is 57.2 Å². The molecule has 1 aromatic heterocycles. The highest BCUT2D eigenvalue weighted by Crippen LogP contribution is 2.38. The molecule has 3 aliphatic heterocycles. The quantitative estimate of drug-likeness (QED) is 0.834. The third-order valence-corrected chi connectivity index (χ3v) is 7.40. The van der Waals surface area contributed by atoms with Crippen LogP contribution >= 0.6 is 0 Å². The normalized spacial score (nSPS) is 30.5. The summed E-state index contributed by atoms with van der Waals surface area (Å²) >= 11 is 0. The molecule has 1 saturated carbocycles. The van der Waals surface area contributed by atoms with Crippen LogP contribution in [0.2, 0.25) is 0 Å². The molecule has 2 saturated heterocycles. The summed E-state index contributed by atoms with van der Waals surface area (Å²) in [5.41, 5.74) is 2.64. The van der Waals surface area contributed by atoms with Crippen LogP contribution in [0.5, 0.6) is 0 Å². The fraction of sp³-hybridized carbons (Fsp3) is 0.773. The molecule has 4 nitrogen and oxygen atoms in total. The minimum atomic E-state index is 0.303. The Morgan fingerprint density at radius 3 is 2.54 bits per heavy atom. The monoisotopic (exact) mass is 355 g/mol. The minimum Gasteiger partial charge on any atom is -0.312 e. The SMILES string of the molecule is O=c1c(CN2CCCCC2)ccc2n1C[C@H]1C[C@@H]2CN(C2CCCC2)C1. The fourth-order valence-corrected chi connectivity index (χ4v) is 6.07. The third-order valence-electron chi connectivity index (χ3n) is 7.40. The molecule has 1 aromatic rings. The molecule has 0 aromatic carbocycles. The lowest BCUT2D eigenvalue weighted by Gasteiger charge is -2.45. The van der Waals surface area contributed by atoms with Gasteiger partial charge in [-0.1, -0.05) is 25.3 Å². The Kier molecular flexibility index (Phi) is 4.66. The van der Waals surface area contributed by atoms with Crippen LogP contribution in [0.25, 0.3) is 0 Å². The van der Waals surface area contributed by atoms with Crippen molar-refractivity contribution in [1.82, 2.24) is 14.4 Å². The summed E-state index contributed by atoms with van der Waals surface area (Å²) < 4.78 is 2.16. The van der Waals surface area contributed by atoms with Crippen molar-refractivity contribution < 1.29 is 0 Å². The van der Waals surface area contributed by atoms with E-state index in [0.29, 0.717) is 17.4 Å². The van der Waals surface area contributed by atoms with Gasteiger partial charge in [0.15, 0.2) is 0 Å². The van der Waals surface area contributed by atoms with Crippen LogP contribution in [0.1, 0.15) is 68.5 Å². The smallest absolute Gasteiger partial charge is 0.255 e. The number of rotatable bonds is 3. The molecular weight excluding hydrogens is 322 g/mol. The van der Waals surface area contributed by atoms with Crippen molar-refractivity contribution >= 4 is 0 Å². The lowest BCUT2D eigenvalue weighted by molar-refractivity contribution is 0.0832. The van der Waals surface area contributed by atoms with Crippen molar-refractivity contribution in [2.75, 3.05) is 26.2 Å². The Labute approximate surface area is 157 Å². The highest BCUT2D eigenvalue weighted by Gasteiger charge is 2.37. The predicted molar refractivity (Wildman–Crippen MR) is 105 cm³/mol. The van der Waals surface area contributed by atoms with E-state index in [1.165, 1.54) is 70.2 Å². The van der Waals surface area contributed by atoms with E-state index >= 15 is 0 Å². The molecule has 2 bridgehead atoms. The van der Waals surface area contributed by atoms with Crippen LogP contribution in [-0.4, -0.2) is 46.6 Å². The van der Waals surface area contributed by atoms with E-state index in [2.05, 4.69) is 26.5 Å². The van der Waals surface area contributed by atoms with Gasteiger partial charge in [0.2, 0.25) is 0 Å². The number of likely N-dealkylation sites (tertiary alicyclic amines) is 2. The number of hydrogen-bond acceptors (Lipinski definition) is 3. The Balaban J connectivity index is 1.37. The average molecular weight is 356 g/mol. The number of aromatic nitrogens is 1. The first kappa shape index (κ1) is 17.0. The maximum absolute atomic E-state index is 13.2. The Bertz CT molecular complexity index is 700. The standard InChI is InChI=1S/C22H33N3O/c26-22-18(15-23-10-4-1-5-11-23)8-9-21-19-12-17(14-25(21)22)13-24(16-19)20-6-2-3-7-20/h8-9,17,19-20H,1-7,10-16H2/t17-,19+/m0/s1. The van der Waals surface area contributed by atoms with E-state index < -0.39 is 0 Å².